The van der Waals surface area contributed by atoms with E-state index in [9.17, 15) is 9.59 Å². The average molecular weight is 372 g/mol. The van der Waals surface area contributed by atoms with Crippen LogP contribution in [0.3, 0.4) is 0 Å². The molecule has 0 aliphatic rings. The Morgan fingerprint density at radius 1 is 1.26 bits per heavy atom. The standard InChI is InChI=1S/C17H14BrN3O2/c1-10(2)20-15-14(8-13(18)9-19-15)21(17(20)23)16(22)12-6-4-5-11(3)7-12/h4-9H,1H2,2-3H3. The van der Waals surface area contributed by atoms with Crippen molar-refractivity contribution < 1.29 is 4.79 Å². The normalized spacial score (nSPS) is 10.9. The van der Waals surface area contributed by atoms with Crippen LogP contribution in [0.4, 0.5) is 0 Å². The first-order valence-electron chi connectivity index (χ1n) is 6.96. The number of aromatic nitrogens is 3. The summed E-state index contributed by atoms with van der Waals surface area (Å²) in [6, 6.07) is 8.84. The number of nitrogens with zero attached hydrogens (tertiary/aromatic N) is 3. The van der Waals surface area contributed by atoms with Crippen molar-refractivity contribution in [1.29, 1.82) is 0 Å². The third kappa shape index (κ3) is 2.55. The van der Waals surface area contributed by atoms with Gasteiger partial charge in [0.1, 0.15) is 0 Å². The molecule has 23 heavy (non-hydrogen) atoms. The highest BCUT2D eigenvalue weighted by Crippen LogP contribution is 2.19. The largest absolute Gasteiger partial charge is 0.341 e. The summed E-state index contributed by atoms with van der Waals surface area (Å²) < 4.78 is 3.17. The van der Waals surface area contributed by atoms with Crippen molar-refractivity contribution in [3.63, 3.8) is 0 Å². The summed E-state index contributed by atoms with van der Waals surface area (Å²) in [7, 11) is 0. The molecule has 0 bridgehead atoms. The SMILES string of the molecule is C=C(C)n1c(=O)n(C(=O)c2cccc(C)c2)c2cc(Br)cnc21. The van der Waals surface area contributed by atoms with Crippen LogP contribution in [0.1, 0.15) is 22.8 Å². The van der Waals surface area contributed by atoms with Crippen molar-refractivity contribution >= 4 is 38.7 Å². The topological polar surface area (TPSA) is 56.9 Å². The maximum absolute atomic E-state index is 12.9. The van der Waals surface area contributed by atoms with Gasteiger partial charge in [-0.2, -0.15) is 0 Å². The molecule has 0 aliphatic carbocycles. The summed E-state index contributed by atoms with van der Waals surface area (Å²) in [4.78, 5) is 29.8. The van der Waals surface area contributed by atoms with Gasteiger partial charge in [0.15, 0.2) is 5.65 Å². The third-order valence-electron chi connectivity index (χ3n) is 3.50. The highest BCUT2D eigenvalue weighted by Gasteiger charge is 2.21. The molecule has 2 aromatic heterocycles. The predicted molar refractivity (Wildman–Crippen MR) is 93.6 cm³/mol. The quantitative estimate of drug-likeness (QED) is 0.693. The molecular weight excluding hydrogens is 358 g/mol. The Bertz CT molecular complexity index is 1010. The highest BCUT2D eigenvalue weighted by atomic mass is 79.9. The van der Waals surface area contributed by atoms with Crippen LogP contribution in [0.2, 0.25) is 0 Å². The summed E-state index contributed by atoms with van der Waals surface area (Å²) >= 11 is 3.33. The number of carbonyl (C=O) groups is 1. The molecule has 1 aromatic carbocycles. The molecule has 116 valence electrons. The van der Waals surface area contributed by atoms with Gasteiger partial charge in [-0.1, -0.05) is 24.3 Å². The number of rotatable bonds is 2. The Kier molecular flexibility index (Phi) is 3.77. The first-order valence-corrected chi connectivity index (χ1v) is 7.75. The van der Waals surface area contributed by atoms with Crippen LogP contribution in [0.15, 0.2) is 52.4 Å². The molecule has 0 spiro atoms. The van der Waals surface area contributed by atoms with Gasteiger partial charge in [-0.05, 0) is 48.0 Å². The second-order valence-corrected chi connectivity index (χ2v) is 6.28. The molecule has 0 saturated carbocycles. The Balaban J connectivity index is 2.35. The summed E-state index contributed by atoms with van der Waals surface area (Å²) in [5.41, 5.74) is 2.29. The van der Waals surface area contributed by atoms with E-state index in [0.29, 0.717) is 26.9 Å². The average Bonchev–Trinajstić information content (AvgIpc) is 2.77. The maximum atomic E-state index is 12.9. The number of fused-ring (bicyclic) bond motifs is 1. The summed E-state index contributed by atoms with van der Waals surface area (Å²) in [5, 5.41) is 0. The second-order valence-electron chi connectivity index (χ2n) is 5.36. The van der Waals surface area contributed by atoms with E-state index in [1.54, 1.807) is 37.4 Å². The fraction of sp³-hybridized carbons (Fsp3) is 0.118. The molecule has 0 atom stereocenters. The first-order chi connectivity index (χ1) is 10.9. The lowest BCUT2D eigenvalue weighted by Gasteiger charge is -2.03. The van der Waals surface area contributed by atoms with Crippen molar-refractivity contribution in [2.45, 2.75) is 13.8 Å². The molecule has 3 rings (SSSR count). The molecule has 0 N–H and O–H groups in total. The van der Waals surface area contributed by atoms with E-state index in [1.165, 1.54) is 4.57 Å². The van der Waals surface area contributed by atoms with Crippen molar-refractivity contribution in [2.75, 3.05) is 0 Å². The van der Waals surface area contributed by atoms with Gasteiger partial charge in [0.2, 0.25) is 0 Å². The van der Waals surface area contributed by atoms with Gasteiger partial charge in [0, 0.05) is 21.9 Å². The summed E-state index contributed by atoms with van der Waals surface area (Å²) in [6.07, 6.45) is 1.59. The number of carbonyl (C=O) groups excluding carboxylic acids is 1. The Morgan fingerprint density at radius 3 is 2.65 bits per heavy atom. The van der Waals surface area contributed by atoms with Gasteiger partial charge in [0.05, 0.1) is 5.52 Å². The molecule has 2 heterocycles. The van der Waals surface area contributed by atoms with E-state index in [0.717, 1.165) is 10.1 Å². The number of pyridine rings is 1. The smallest absolute Gasteiger partial charge is 0.268 e. The van der Waals surface area contributed by atoms with Crippen molar-refractivity contribution in [3.05, 3.63) is 69.2 Å². The van der Waals surface area contributed by atoms with E-state index < -0.39 is 5.69 Å². The molecular formula is C17H14BrN3O2. The number of aryl methyl sites for hydroxylation is 1. The number of hydrogen-bond donors (Lipinski definition) is 0. The summed E-state index contributed by atoms with van der Waals surface area (Å²) in [5.74, 6) is -0.386. The third-order valence-corrected chi connectivity index (χ3v) is 3.93. The molecule has 0 radical (unpaired) electrons. The minimum atomic E-state index is -0.468. The van der Waals surface area contributed by atoms with E-state index in [-0.39, 0.29) is 5.91 Å². The zero-order valence-corrected chi connectivity index (χ0v) is 14.3. The van der Waals surface area contributed by atoms with Gasteiger partial charge in [-0.3, -0.25) is 4.79 Å². The molecule has 0 aliphatic heterocycles. The zero-order chi connectivity index (χ0) is 16.7. The molecule has 0 amide bonds. The lowest BCUT2D eigenvalue weighted by atomic mass is 10.1. The van der Waals surface area contributed by atoms with E-state index in [2.05, 4.69) is 27.5 Å². The first kappa shape index (κ1) is 15.4. The van der Waals surface area contributed by atoms with Crippen LogP contribution in [0.5, 0.6) is 0 Å². The van der Waals surface area contributed by atoms with E-state index in [4.69, 9.17) is 0 Å². The fourth-order valence-corrected chi connectivity index (χ4v) is 2.82. The molecule has 0 saturated heterocycles. The van der Waals surface area contributed by atoms with E-state index in [1.807, 2.05) is 13.0 Å². The number of imidazole rings is 1. The lowest BCUT2D eigenvalue weighted by molar-refractivity contribution is 0.0960. The minimum Gasteiger partial charge on any atom is -0.268 e. The van der Waals surface area contributed by atoms with Crippen LogP contribution in [0.25, 0.3) is 16.9 Å². The molecule has 3 aromatic rings. The molecule has 6 heteroatoms. The predicted octanol–water partition coefficient (Wildman–Crippen LogP) is 3.45. The molecule has 5 nitrogen and oxygen atoms in total. The number of benzene rings is 1. The summed E-state index contributed by atoms with van der Waals surface area (Å²) in [6.45, 7) is 7.40. The zero-order valence-electron chi connectivity index (χ0n) is 12.7. The Labute approximate surface area is 141 Å². The van der Waals surface area contributed by atoms with Gasteiger partial charge >= 0.3 is 5.69 Å². The van der Waals surface area contributed by atoms with Gasteiger partial charge < -0.3 is 0 Å². The Hall–Kier alpha value is -2.47. The number of hydrogen-bond acceptors (Lipinski definition) is 3. The second kappa shape index (κ2) is 5.62. The fourth-order valence-electron chi connectivity index (χ4n) is 2.50. The van der Waals surface area contributed by atoms with Crippen molar-refractivity contribution in [2.24, 2.45) is 0 Å². The van der Waals surface area contributed by atoms with Crippen molar-refractivity contribution in [1.82, 2.24) is 14.1 Å². The van der Waals surface area contributed by atoms with E-state index >= 15 is 0 Å². The van der Waals surface area contributed by atoms with Gasteiger partial charge in [-0.25, -0.2) is 18.9 Å². The van der Waals surface area contributed by atoms with Crippen LogP contribution < -0.4 is 5.69 Å². The monoisotopic (exact) mass is 371 g/mol. The van der Waals surface area contributed by atoms with Gasteiger partial charge in [-0.15, -0.1) is 0 Å². The highest BCUT2D eigenvalue weighted by molar-refractivity contribution is 9.10. The van der Waals surface area contributed by atoms with Crippen LogP contribution in [0, 0.1) is 6.92 Å². The van der Waals surface area contributed by atoms with Crippen LogP contribution >= 0.6 is 15.9 Å². The lowest BCUT2D eigenvalue weighted by Crippen LogP contribution is -2.28. The van der Waals surface area contributed by atoms with Crippen molar-refractivity contribution in [3.8, 4) is 0 Å². The Morgan fingerprint density at radius 2 is 2.00 bits per heavy atom. The molecule has 0 unspecified atom stereocenters. The number of allylic oxidation sites excluding steroid dienone is 1. The van der Waals surface area contributed by atoms with Crippen LogP contribution in [-0.2, 0) is 0 Å². The maximum Gasteiger partial charge on any atom is 0.341 e. The van der Waals surface area contributed by atoms with Gasteiger partial charge in [0.25, 0.3) is 5.91 Å². The number of halogens is 1. The minimum absolute atomic E-state index is 0.386. The molecule has 0 fully saturated rings. The van der Waals surface area contributed by atoms with Crippen LogP contribution in [-0.4, -0.2) is 20.0 Å².